The second kappa shape index (κ2) is 5.96. The molecule has 0 aliphatic carbocycles. The molecule has 0 spiro atoms. The van der Waals surface area contributed by atoms with Gasteiger partial charge >= 0.3 is 0 Å². The summed E-state index contributed by atoms with van der Waals surface area (Å²) in [5, 5.41) is 0. The molecule has 0 radical (unpaired) electrons. The summed E-state index contributed by atoms with van der Waals surface area (Å²) in [6.07, 6.45) is -0.0380. The van der Waals surface area contributed by atoms with Crippen LogP contribution in [0.1, 0.15) is 27.7 Å². The van der Waals surface area contributed by atoms with Crippen molar-refractivity contribution in [3.05, 3.63) is 0 Å². The van der Waals surface area contributed by atoms with Crippen LogP contribution in [0.2, 0.25) is 0 Å². The predicted molar refractivity (Wildman–Crippen MR) is 61.6 cm³/mol. The fraction of sp³-hybridized carbons (Fsp3) is 1.00. The molecule has 1 aliphatic heterocycles. The highest BCUT2D eigenvalue weighted by Crippen LogP contribution is 2.27. The Morgan fingerprint density at radius 2 is 1.31 bits per heavy atom. The lowest BCUT2D eigenvalue weighted by Gasteiger charge is -2.44. The molecule has 0 bridgehead atoms. The van der Waals surface area contributed by atoms with E-state index in [0.29, 0.717) is 0 Å². The average molecular weight is 232 g/mol. The summed E-state index contributed by atoms with van der Waals surface area (Å²) in [5.41, 5.74) is 0. The Morgan fingerprint density at radius 3 is 1.62 bits per heavy atom. The minimum absolute atomic E-state index is 0.0233. The molecular formula is C12H24O4. The van der Waals surface area contributed by atoms with E-state index in [2.05, 4.69) is 0 Å². The summed E-state index contributed by atoms with van der Waals surface area (Å²) in [6.45, 7) is 8.05. The quantitative estimate of drug-likeness (QED) is 0.738. The van der Waals surface area contributed by atoms with E-state index in [1.807, 2.05) is 27.7 Å². The van der Waals surface area contributed by atoms with E-state index in [1.54, 1.807) is 14.2 Å². The van der Waals surface area contributed by atoms with Crippen molar-refractivity contribution in [1.82, 2.24) is 0 Å². The van der Waals surface area contributed by atoms with Gasteiger partial charge in [-0.1, -0.05) is 0 Å². The zero-order valence-electron chi connectivity index (χ0n) is 11.1. The molecule has 4 atom stereocenters. The van der Waals surface area contributed by atoms with Gasteiger partial charge in [0, 0.05) is 14.2 Å². The molecule has 1 rings (SSSR count). The van der Waals surface area contributed by atoms with Crippen LogP contribution in [-0.4, -0.2) is 50.8 Å². The monoisotopic (exact) mass is 232 g/mol. The van der Waals surface area contributed by atoms with Gasteiger partial charge in [-0.05, 0) is 27.7 Å². The molecule has 4 unspecified atom stereocenters. The van der Waals surface area contributed by atoms with Crippen molar-refractivity contribution in [2.75, 3.05) is 14.2 Å². The lowest BCUT2D eigenvalue weighted by atomic mass is 9.95. The summed E-state index contributed by atoms with van der Waals surface area (Å²) >= 11 is 0. The van der Waals surface area contributed by atoms with Gasteiger partial charge in [0.2, 0.25) is 0 Å². The van der Waals surface area contributed by atoms with Crippen molar-refractivity contribution in [3.63, 3.8) is 0 Å². The molecule has 0 N–H and O–H groups in total. The zero-order valence-corrected chi connectivity index (χ0v) is 11.1. The van der Waals surface area contributed by atoms with Gasteiger partial charge in [0.05, 0.1) is 18.3 Å². The molecule has 1 saturated heterocycles. The molecule has 4 heteroatoms. The summed E-state index contributed by atoms with van der Waals surface area (Å²) < 4.78 is 22.6. The van der Waals surface area contributed by atoms with Crippen LogP contribution in [0, 0.1) is 0 Å². The van der Waals surface area contributed by atoms with E-state index in [-0.39, 0.29) is 36.6 Å². The van der Waals surface area contributed by atoms with Crippen molar-refractivity contribution in [3.8, 4) is 0 Å². The van der Waals surface area contributed by atoms with Gasteiger partial charge in [0.25, 0.3) is 0 Å². The second-order valence-corrected chi connectivity index (χ2v) is 4.60. The van der Waals surface area contributed by atoms with Crippen LogP contribution in [0.3, 0.4) is 0 Å². The highest BCUT2D eigenvalue weighted by Gasteiger charge is 2.44. The molecule has 0 aromatic carbocycles. The maximum absolute atomic E-state index is 5.91. The second-order valence-electron chi connectivity index (χ2n) is 4.60. The Bertz CT molecular complexity index is 191. The van der Waals surface area contributed by atoms with Gasteiger partial charge in [-0.15, -0.1) is 0 Å². The van der Waals surface area contributed by atoms with Gasteiger partial charge < -0.3 is 18.9 Å². The first-order valence-corrected chi connectivity index (χ1v) is 5.87. The predicted octanol–water partition coefficient (Wildman–Crippen LogP) is 1.62. The molecule has 1 aliphatic rings. The first kappa shape index (κ1) is 13.9. The summed E-state index contributed by atoms with van der Waals surface area (Å²) in [5.74, 6) is 0. The van der Waals surface area contributed by atoms with Crippen molar-refractivity contribution in [1.29, 1.82) is 0 Å². The normalized spacial score (nSPS) is 40.3. The Kier molecular flexibility index (Phi) is 5.18. The molecule has 0 saturated carbocycles. The maximum Gasteiger partial charge on any atom is 0.115 e. The highest BCUT2D eigenvalue weighted by atomic mass is 16.6. The maximum atomic E-state index is 5.91. The van der Waals surface area contributed by atoms with Gasteiger partial charge in [0.15, 0.2) is 0 Å². The molecule has 96 valence electrons. The Balaban J connectivity index is 2.81. The largest absolute Gasteiger partial charge is 0.376 e. The van der Waals surface area contributed by atoms with E-state index in [1.165, 1.54) is 0 Å². The molecule has 4 nitrogen and oxygen atoms in total. The Hall–Kier alpha value is -0.160. The number of methoxy groups -OCH3 is 2. The van der Waals surface area contributed by atoms with Gasteiger partial charge in [0.1, 0.15) is 18.3 Å². The molecule has 0 aromatic rings. The number of hydrogen-bond donors (Lipinski definition) is 0. The van der Waals surface area contributed by atoms with Crippen LogP contribution in [0.25, 0.3) is 0 Å². The summed E-state index contributed by atoms with van der Waals surface area (Å²) in [7, 11) is 3.37. The van der Waals surface area contributed by atoms with E-state index >= 15 is 0 Å². The van der Waals surface area contributed by atoms with Gasteiger partial charge in [-0.2, -0.15) is 0 Å². The number of ether oxygens (including phenoxy) is 4. The smallest absolute Gasteiger partial charge is 0.115 e. The zero-order chi connectivity index (χ0) is 12.3. The van der Waals surface area contributed by atoms with Crippen LogP contribution in [-0.2, 0) is 18.9 Å². The molecular weight excluding hydrogens is 208 g/mol. The molecule has 1 fully saturated rings. The van der Waals surface area contributed by atoms with Crippen molar-refractivity contribution in [2.24, 2.45) is 0 Å². The SMILES string of the molecule is COC1C(C)OC(C)C(OC)C1OC(C)C. The topological polar surface area (TPSA) is 36.9 Å². The Labute approximate surface area is 98.2 Å². The van der Waals surface area contributed by atoms with E-state index in [9.17, 15) is 0 Å². The van der Waals surface area contributed by atoms with Crippen LogP contribution < -0.4 is 0 Å². The van der Waals surface area contributed by atoms with Crippen LogP contribution in [0.4, 0.5) is 0 Å². The van der Waals surface area contributed by atoms with Crippen molar-refractivity contribution in [2.45, 2.75) is 64.3 Å². The summed E-state index contributed by atoms with van der Waals surface area (Å²) in [4.78, 5) is 0. The average Bonchev–Trinajstić information content (AvgIpc) is 2.17. The fourth-order valence-electron chi connectivity index (χ4n) is 2.34. The number of rotatable bonds is 4. The van der Waals surface area contributed by atoms with Gasteiger partial charge in [-0.3, -0.25) is 0 Å². The van der Waals surface area contributed by atoms with E-state index in [0.717, 1.165) is 0 Å². The van der Waals surface area contributed by atoms with Crippen LogP contribution >= 0.6 is 0 Å². The standard InChI is InChI=1S/C12H24O4/c1-7(2)15-12-10(13-5)8(3)16-9(4)11(12)14-6/h7-12H,1-6H3. The summed E-state index contributed by atoms with van der Waals surface area (Å²) in [6, 6.07) is 0. The third-order valence-electron chi connectivity index (χ3n) is 2.98. The fourth-order valence-corrected chi connectivity index (χ4v) is 2.34. The third-order valence-corrected chi connectivity index (χ3v) is 2.98. The minimum atomic E-state index is -0.0800. The lowest BCUT2D eigenvalue weighted by Crippen LogP contribution is -2.58. The molecule has 0 aromatic heterocycles. The molecule has 1 heterocycles. The Morgan fingerprint density at radius 1 is 0.875 bits per heavy atom. The minimum Gasteiger partial charge on any atom is -0.376 e. The first-order valence-electron chi connectivity index (χ1n) is 5.87. The van der Waals surface area contributed by atoms with Crippen LogP contribution in [0.5, 0.6) is 0 Å². The third kappa shape index (κ3) is 2.94. The van der Waals surface area contributed by atoms with Crippen LogP contribution in [0.15, 0.2) is 0 Å². The van der Waals surface area contributed by atoms with Crippen molar-refractivity contribution >= 4 is 0 Å². The van der Waals surface area contributed by atoms with E-state index in [4.69, 9.17) is 18.9 Å². The lowest BCUT2D eigenvalue weighted by molar-refractivity contribution is -0.246. The number of hydrogen-bond acceptors (Lipinski definition) is 4. The molecule has 0 amide bonds. The first-order chi connectivity index (χ1) is 7.51. The molecule has 16 heavy (non-hydrogen) atoms. The highest BCUT2D eigenvalue weighted by molar-refractivity contribution is 4.92. The van der Waals surface area contributed by atoms with Gasteiger partial charge in [-0.25, -0.2) is 0 Å². The van der Waals surface area contributed by atoms with Crippen molar-refractivity contribution < 1.29 is 18.9 Å². The van der Waals surface area contributed by atoms with E-state index < -0.39 is 0 Å².